The number of ether oxygens (including phenoxy) is 3. The lowest BCUT2D eigenvalue weighted by Crippen LogP contribution is -2.29. The van der Waals surface area contributed by atoms with Gasteiger partial charge in [0.15, 0.2) is 5.13 Å². The summed E-state index contributed by atoms with van der Waals surface area (Å²) >= 11 is 0.945. The predicted molar refractivity (Wildman–Crippen MR) is 155 cm³/mol. The number of fused-ring (bicyclic) bond motifs is 1. The maximum Gasteiger partial charge on any atom is 0.350 e. The molecular formula is C31H30N2O7S. The van der Waals surface area contributed by atoms with E-state index >= 15 is 0 Å². The lowest BCUT2D eigenvalue weighted by molar-refractivity contribution is -0.132. The molecule has 1 amide bonds. The minimum absolute atomic E-state index is 0.000606. The van der Waals surface area contributed by atoms with Crippen LogP contribution >= 0.6 is 11.3 Å². The quantitative estimate of drug-likeness (QED) is 0.117. The van der Waals surface area contributed by atoms with Crippen molar-refractivity contribution in [3.63, 3.8) is 0 Å². The van der Waals surface area contributed by atoms with Crippen LogP contribution in [0.15, 0.2) is 60.7 Å². The van der Waals surface area contributed by atoms with Crippen molar-refractivity contribution in [1.29, 1.82) is 0 Å². The predicted octanol–water partition coefficient (Wildman–Crippen LogP) is 5.53. The topological polar surface area (TPSA) is 115 Å². The van der Waals surface area contributed by atoms with Crippen molar-refractivity contribution < 1.29 is 33.7 Å². The van der Waals surface area contributed by atoms with Crippen LogP contribution in [0.25, 0.3) is 5.76 Å². The fourth-order valence-electron chi connectivity index (χ4n) is 4.94. The van der Waals surface area contributed by atoms with Gasteiger partial charge in [0, 0.05) is 12.0 Å². The van der Waals surface area contributed by atoms with Crippen molar-refractivity contribution in [3.05, 3.63) is 88.0 Å². The summed E-state index contributed by atoms with van der Waals surface area (Å²) in [5, 5.41) is 11.7. The van der Waals surface area contributed by atoms with Crippen LogP contribution in [-0.2, 0) is 20.7 Å². The first-order valence-corrected chi connectivity index (χ1v) is 14.1. The zero-order valence-corrected chi connectivity index (χ0v) is 23.8. The molecule has 41 heavy (non-hydrogen) atoms. The number of hydrogen-bond acceptors (Lipinski definition) is 9. The summed E-state index contributed by atoms with van der Waals surface area (Å²) in [5.41, 5.74) is 2.11. The van der Waals surface area contributed by atoms with Crippen LogP contribution in [0.5, 0.6) is 11.5 Å². The molecule has 3 aromatic rings. The highest BCUT2D eigenvalue weighted by Crippen LogP contribution is 2.45. The number of thiazole rings is 1. The molecule has 5 rings (SSSR count). The number of esters is 1. The first-order valence-electron chi connectivity index (χ1n) is 13.3. The Hall–Kier alpha value is -4.44. The summed E-state index contributed by atoms with van der Waals surface area (Å²) in [5.74, 6) is -1.36. The van der Waals surface area contributed by atoms with Gasteiger partial charge in [-0.25, -0.2) is 9.78 Å². The largest absolute Gasteiger partial charge is 0.507 e. The Bertz CT molecular complexity index is 1570. The Morgan fingerprint density at radius 3 is 2.83 bits per heavy atom. The van der Waals surface area contributed by atoms with Crippen LogP contribution in [0.3, 0.4) is 0 Å². The minimum atomic E-state index is -1.02. The van der Waals surface area contributed by atoms with Crippen molar-refractivity contribution in [1.82, 2.24) is 4.98 Å². The van der Waals surface area contributed by atoms with E-state index < -0.39 is 23.7 Å². The number of rotatable bonds is 9. The third-order valence-electron chi connectivity index (χ3n) is 6.77. The normalized spacial score (nSPS) is 19.1. The maximum atomic E-state index is 13.6. The number of aliphatic hydroxyl groups excluding tert-OH is 1. The van der Waals surface area contributed by atoms with Gasteiger partial charge in [0.05, 0.1) is 23.9 Å². The molecule has 2 aliphatic rings. The molecule has 0 unspecified atom stereocenters. The molecule has 0 saturated carbocycles. The van der Waals surface area contributed by atoms with Crippen LogP contribution < -0.4 is 14.4 Å². The monoisotopic (exact) mass is 574 g/mol. The van der Waals surface area contributed by atoms with Gasteiger partial charge in [0.1, 0.15) is 34.8 Å². The highest BCUT2D eigenvalue weighted by Gasteiger charge is 2.48. The van der Waals surface area contributed by atoms with E-state index in [1.807, 2.05) is 13.8 Å². The third-order valence-corrected chi connectivity index (χ3v) is 7.91. The Kier molecular flexibility index (Phi) is 7.94. The summed E-state index contributed by atoms with van der Waals surface area (Å²) in [6.07, 6.45) is 2.91. The highest BCUT2D eigenvalue weighted by atomic mass is 32.1. The third kappa shape index (κ3) is 5.35. The van der Waals surface area contributed by atoms with Crippen molar-refractivity contribution in [2.24, 2.45) is 0 Å². The van der Waals surface area contributed by atoms with Crippen molar-refractivity contribution >= 4 is 39.9 Å². The van der Waals surface area contributed by atoms with E-state index in [1.165, 1.54) is 11.0 Å². The molecule has 0 aliphatic carbocycles. The van der Waals surface area contributed by atoms with Crippen LogP contribution in [0.1, 0.15) is 58.4 Å². The number of aromatic nitrogens is 1. The molecule has 0 spiro atoms. The Labute approximate surface area is 241 Å². The second kappa shape index (κ2) is 11.6. The Morgan fingerprint density at radius 1 is 1.27 bits per heavy atom. The number of benzene rings is 2. The summed E-state index contributed by atoms with van der Waals surface area (Å²) < 4.78 is 16.8. The second-order valence-corrected chi connectivity index (χ2v) is 10.8. The standard InChI is InChI=1S/C31H30N2O7S/c1-5-12-38-22-9-7-8-19(16-22)25-24(26(34)20-10-11-23-21(15-20)14-17(3)40-23)27(35)29(36)33(25)31-32-18(4)28(41-31)30(37)39-13-6-2/h6-11,15-17,25,34H,2,5,12-14H2,1,3-4H3/b26-24+/t17-,25-/m1/s1. The molecule has 2 aliphatic heterocycles. The molecular weight excluding hydrogens is 544 g/mol. The molecule has 0 bridgehead atoms. The van der Waals surface area contributed by atoms with Crippen molar-refractivity contribution in [2.75, 3.05) is 18.1 Å². The zero-order valence-electron chi connectivity index (χ0n) is 23.0. The molecule has 1 N–H and O–H groups in total. The molecule has 0 radical (unpaired) electrons. The summed E-state index contributed by atoms with van der Waals surface area (Å²) in [6.45, 7) is 9.63. The number of nitrogens with zero attached hydrogens (tertiary/aromatic N) is 2. The molecule has 10 heteroatoms. The molecule has 2 atom stereocenters. The number of ketones is 1. The fraction of sp³-hybridized carbons (Fsp3) is 0.290. The first kappa shape index (κ1) is 28.1. The van der Waals surface area contributed by atoms with Gasteiger partial charge in [-0.1, -0.05) is 43.0 Å². The number of aliphatic hydroxyl groups is 1. The minimum Gasteiger partial charge on any atom is -0.507 e. The van der Waals surface area contributed by atoms with E-state index in [2.05, 4.69) is 11.6 Å². The van der Waals surface area contributed by atoms with E-state index in [9.17, 15) is 19.5 Å². The average molecular weight is 575 g/mol. The second-order valence-electron chi connectivity index (χ2n) is 9.84. The van der Waals surface area contributed by atoms with Crippen molar-refractivity contribution in [2.45, 2.75) is 45.8 Å². The molecule has 1 saturated heterocycles. The number of Topliss-reactive ketones (excluding diaryl/α,β-unsaturated/α-hetero) is 1. The van der Waals surface area contributed by atoms with Gasteiger partial charge in [-0.2, -0.15) is 0 Å². The Morgan fingerprint density at radius 2 is 2.07 bits per heavy atom. The van der Waals surface area contributed by atoms with Gasteiger partial charge >= 0.3 is 11.9 Å². The van der Waals surface area contributed by atoms with Crippen LogP contribution in [0, 0.1) is 6.92 Å². The molecule has 1 fully saturated rings. The average Bonchev–Trinajstić information content (AvgIpc) is 3.61. The number of carbonyl (C=O) groups excluding carboxylic acids is 3. The summed E-state index contributed by atoms with van der Waals surface area (Å²) in [6, 6.07) is 11.2. The summed E-state index contributed by atoms with van der Waals surface area (Å²) in [7, 11) is 0. The zero-order chi connectivity index (χ0) is 29.3. The molecule has 3 heterocycles. The van der Waals surface area contributed by atoms with E-state index in [4.69, 9.17) is 14.2 Å². The number of amides is 1. The SMILES string of the molecule is C=CCOC(=O)c1sc(N2C(=O)C(=O)/C(=C(/O)c3ccc4c(c3)C[C@@H](C)O4)[C@H]2c2cccc(OCCC)c2)nc1C. The van der Waals surface area contributed by atoms with Crippen molar-refractivity contribution in [3.8, 4) is 11.5 Å². The molecule has 212 valence electrons. The van der Waals surface area contributed by atoms with Gasteiger partial charge in [-0.15, -0.1) is 0 Å². The van der Waals surface area contributed by atoms with Gasteiger partial charge < -0.3 is 19.3 Å². The summed E-state index contributed by atoms with van der Waals surface area (Å²) in [4.78, 5) is 45.7. The number of hydrogen-bond donors (Lipinski definition) is 1. The van der Waals surface area contributed by atoms with Crippen LogP contribution in [0.4, 0.5) is 5.13 Å². The Balaban J connectivity index is 1.65. The van der Waals surface area contributed by atoms with E-state index in [0.717, 1.165) is 29.1 Å². The first-order chi connectivity index (χ1) is 19.7. The highest BCUT2D eigenvalue weighted by molar-refractivity contribution is 7.17. The number of anilines is 1. The van der Waals surface area contributed by atoms with Gasteiger partial charge in [0.2, 0.25) is 0 Å². The molecule has 9 nitrogen and oxygen atoms in total. The van der Waals surface area contributed by atoms with Gasteiger partial charge in [-0.3, -0.25) is 14.5 Å². The van der Waals surface area contributed by atoms with Gasteiger partial charge in [-0.05, 0) is 61.7 Å². The lowest BCUT2D eigenvalue weighted by Gasteiger charge is -2.23. The maximum absolute atomic E-state index is 13.6. The van der Waals surface area contributed by atoms with E-state index in [1.54, 1.807) is 49.4 Å². The fourth-order valence-corrected chi connectivity index (χ4v) is 5.93. The molecule has 1 aromatic heterocycles. The van der Waals surface area contributed by atoms with Crippen LogP contribution in [0.2, 0.25) is 0 Å². The van der Waals surface area contributed by atoms with Crippen LogP contribution in [-0.4, -0.2) is 47.1 Å². The smallest absolute Gasteiger partial charge is 0.350 e. The lowest BCUT2D eigenvalue weighted by atomic mass is 9.94. The molecule has 2 aromatic carbocycles. The number of aryl methyl sites for hydroxylation is 1. The van der Waals surface area contributed by atoms with Gasteiger partial charge in [0.25, 0.3) is 5.78 Å². The van der Waals surface area contributed by atoms with E-state index in [-0.39, 0.29) is 34.1 Å². The van der Waals surface area contributed by atoms with E-state index in [0.29, 0.717) is 35.6 Å². The number of carbonyl (C=O) groups is 3.